The summed E-state index contributed by atoms with van der Waals surface area (Å²) in [6, 6.07) is 11.6. The lowest BCUT2D eigenvalue weighted by atomic mass is 9.49. The van der Waals surface area contributed by atoms with Crippen molar-refractivity contribution in [3.8, 4) is 17.2 Å². The van der Waals surface area contributed by atoms with Crippen molar-refractivity contribution in [3.63, 3.8) is 0 Å². The number of ketones is 1. The Morgan fingerprint density at radius 1 is 0.930 bits per heavy atom. The highest BCUT2D eigenvalue weighted by molar-refractivity contribution is 5.90. The van der Waals surface area contributed by atoms with Gasteiger partial charge < -0.3 is 29.1 Å². The second-order valence-corrected chi connectivity index (χ2v) is 14.5. The molecule has 3 aliphatic heterocycles. The van der Waals surface area contributed by atoms with Crippen LogP contribution < -0.4 is 14.2 Å². The second kappa shape index (κ2) is 9.69. The molecule has 2 aromatic rings. The first-order valence-electron chi connectivity index (χ1n) is 16.5. The smallest absolute Gasteiger partial charge is 0.174 e. The van der Waals surface area contributed by atoms with Crippen molar-refractivity contribution < 1.29 is 24.1 Å². The summed E-state index contributed by atoms with van der Waals surface area (Å²) >= 11 is 0. The number of carbonyl (C=O) groups is 1. The molecule has 7 aliphatic rings. The van der Waals surface area contributed by atoms with Crippen molar-refractivity contribution in [2.24, 2.45) is 5.92 Å². The third-order valence-corrected chi connectivity index (χ3v) is 13.1. The average molecular weight is 587 g/mol. The van der Waals surface area contributed by atoms with Crippen LogP contribution in [0.1, 0.15) is 73.6 Å². The van der Waals surface area contributed by atoms with E-state index in [1.165, 1.54) is 50.6 Å². The summed E-state index contributed by atoms with van der Waals surface area (Å²) in [4.78, 5) is 17.5. The Kier molecular flexibility index (Phi) is 6.29. The molecule has 2 saturated carbocycles. The molecule has 7 heteroatoms. The van der Waals surface area contributed by atoms with Gasteiger partial charge >= 0.3 is 0 Å². The fourth-order valence-corrected chi connectivity index (χ4v) is 11.0. The minimum Gasteiger partial charge on any atom is -0.497 e. The van der Waals surface area contributed by atoms with Crippen molar-refractivity contribution in [2.75, 3.05) is 41.4 Å². The monoisotopic (exact) mass is 586 g/mol. The first-order valence-corrected chi connectivity index (χ1v) is 16.5. The van der Waals surface area contributed by atoms with Gasteiger partial charge in [0, 0.05) is 29.5 Å². The lowest BCUT2D eigenvalue weighted by molar-refractivity contribution is -0.185. The van der Waals surface area contributed by atoms with Crippen LogP contribution in [-0.2, 0) is 28.5 Å². The van der Waals surface area contributed by atoms with Gasteiger partial charge in [-0.05, 0) is 113 Å². The zero-order valence-corrected chi connectivity index (χ0v) is 26.2. The van der Waals surface area contributed by atoms with Gasteiger partial charge in [-0.2, -0.15) is 0 Å². The number of hydrogen-bond acceptors (Lipinski definition) is 7. The summed E-state index contributed by atoms with van der Waals surface area (Å²) < 4.78 is 17.1. The van der Waals surface area contributed by atoms with Gasteiger partial charge in [0.25, 0.3) is 0 Å². The van der Waals surface area contributed by atoms with Crippen molar-refractivity contribution in [1.29, 1.82) is 0 Å². The van der Waals surface area contributed by atoms with Crippen LogP contribution in [0.3, 0.4) is 0 Å². The molecule has 0 radical (unpaired) electrons. The van der Waals surface area contributed by atoms with E-state index in [0.717, 1.165) is 42.7 Å². The van der Waals surface area contributed by atoms with Crippen LogP contribution in [0.25, 0.3) is 0 Å². The molecule has 4 fully saturated rings. The molecule has 3 heterocycles. The Hall–Kier alpha value is -2.61. The lowest BCUT2D eigenvalue weighted by Crippen LogP contribution is -2.76. The molecule has 0 aromatic heterocycles. The maximum Gasteiger partial charge on any atom is 0.174 e. The molecule has 2 aromatic carbocycles. The predicted octanol–water partition coefficient (Wildman–Crippen LogP) is 4.43. The number of likely N-dealkylation sites (N-methyl/N-ethyl adjacent to an activating group) is 2. The zero-order chi connectivity index (χ0) is 29.7. The number of benzene rings is 2. The molecule has 4 bridgehead atoms. The highest BCUT2D eigenvalue weighted by Crippen LogP contribution is 2.64. The Morgan fingerprint density at radius 2 is 1.74 bits per heavy atom. The normalized spacial score (nSPS) is 38.5. The number of nitrogens with zero attached hydrogens (tertiary/aromatic N) is 2. The summed E-state index contributed by atoms with van der Waals surface area (Å²) in [6.45, 7) is 2.13. The van der Waals surface area contributed by atoms with Crippen LogP contribution in [0.5, 0.6) is 17.2 Å². The lowest BCUT2D eigenvalue weighted by Gasteiger charge is -2.62. The number of rotatable bonds is 2. The van der Waals surface area contributed by atoms with Crippen LogP contribution >= 0.6 is 0 Å². The molecular weight excluding hydrogens is 540 g/mol. The van der Waals surface area contributed by atoms with E-state index in [1.54, 1.807) is 25.3 Å². The summed E-state index contributed by atoms with van der Waals surface area (Å²) in [5, 5.41) is 11.7. The van der Waals surface area contributed by atoms with E-state index in [0.29, 0.717) is 29.8 Å². The second-order valence-electron chi connectivity index (χ2n) is 14.5. The van der Waals surface area contributed by atoms with Gasteiger partial charge in [0.05, 0.1) is 25.2 Å². The van der Waals surface area contributed by atoms with E-state index in [1.807, 2.05) is 6.07 Å². The maximum absolute atomic E-state index is 12.7. The molecule has 7 nitrogen and oxygen atoms in total. The third kappa shape index (κ3) is 3.56. The zero-order valence-electron chi connectivity index (χ0n) is 26.2. The highest BCUT2D eigenvalue weighted by atomic mass is 16.5. The molecule has 2 saturated heterocycles. The number of likely N-dealkylation sites (tertiary alicyclic amines) is 2. The molecule has 0 unspecified atom stereocenters. The fourth-order valence-electron chi connectivity index (χ4n) is 11.0. The van der Waals surface area contributed by atoms with Gasteiger partial charge in [-0.15, -0.1) is 0 Å². The molecule has 4 aliphatic carbocycles. The van der Waals surface area contributed by atoms with E-state index >= 15 is 0 Å². The number of methoxy groups -OCH3 is 2. The topological polar surface area (TPSA) is 71.5 Å². The third-order valence-electron chi connectivity index (χ3n) is 13.1. The van der Waals surface area contributed by atoms with E-state index in [2.05, 4.69) is 48.2 Å². The molecule has 230 valence electrons. The maximum atomic E-state index is 12.7. The Labute approximate surface area is 255 Å². The summed E-state index contributed by atoms with van der Waals surface area (Å²) in [5.41, 5.74) is 4.41. The summed E-state index contributed by atoms with van der Waals surface area (Å²) in [7, 11) is 7.82. The van der Waals surface area contributed by atoms with E-state index in [-0.39, 0.29) is 11.8 Å². The highest BCUT2D eigenvalue weighted by Gasteiger charge is 2.72. The van der Waals surface area contributed by atoms with Crippen LogP contribution in [0.2, 0.25) is 0 Å². The Bertz CT molecular complexity index is 1480. The van der Waals surface area contributed by atoms with E-state index in [9.17, 15) is 9.90 Å². The number of piperidine rings is 2. The minimum atomic E-state index is -0.900. The number of ether oxygens (including phenoxy) is 3. The largest absolute Gasteiger partial charge is 0.497 e. The van der Waals surface area contributed by atoms with Gasteiger partial charge in [0.15, 0.2) is 23.4 Å². The summed E-state index contributed by atoms with van der Waals surface area (Å²) in [5.74, 6) is 3.38. The summed E-state index contributed by atoms with van der Waals surface area (Å²) in [6.07, 6.45) is 10.1. The number of aliphatic hydroxyl groups is 1. The van der Waals surface area contributed by atoms with Gasteiger partial charge in [0.2, 0.25) is 0 Å². The van der Waals surface area contributed by atoms with E-state index in [4.69, 9.17) is 14.2 Å². The average Bonchev–Trinajstić information content (AvgIpc) is 3.39. The Balaban J connectivity index is 0.000000131. The number of hydrogen-bond donors (Lipinski definition) is 1. The first kappa shape index (κ1) is 27.9. The molecule has 1 spiro atoms. The Morgan fingerprint density at radius 3 is 2.56 bits per heavy atom. The van der Waals surface area contributed by atoms with Gasteiger partial charge in [0.1, 0.15) is 5.75 Å². The minimum absolute atomic E-state index is 0.0438. The first-order chi connectivity index (χ1) is 20.8. The number of fused-ring (bicyclic) bond motifs is 1. The van der Waals surface area contributed by atoms with Crippen molar-refractivity contribution in [3.05, 3.63) is 52.6 Å². The van der Waals surface area contributed by atoms with Crippen molar-refractivity contribution >= 4 is 5.78 Å². The van der Waals surface area contributed by atoms with Crippen LogP contribution in [0.15, 0.2) is 30.3 Å². The molecule has 1 N–H and O–H groups in total. The SMILES string of the molecule is COc1ccc2c(c1)[C@@]13CCCC[C@@H]1[C@@H](C2)N(C)CC3.COc1ccc2c3c1O[C@H]1C(=O)CC[C@@]4(O)[C@@H](C2)N(C)CC[C@]314. The van der Waals surface area contributed by atoms with Gasteiger partial charge in [-0.3, -0.25) is 4.79 Å². The van der Waals surface area contributed by atoms with Crippen LogP contribution in [0, 0.1) is 5.92 Å². The van der Waals surface area contributed by atoms with Crippen molar-refractivity contribution in [1.82, 2.24) is 9.80 Å². The fraction of sp³-hybridized carbons (Fsp3) is 0.639. The standard InChI is InChI=1S/C18H21NO4.C18H25NO/c1-19-8-7-17-14-10-3-4-12(22-2)15(14)23-16(17)11(20)5-6-18(17,21)13(19)9-10;1-19-10-9-18-8-4-3-5-15(18)17(19)11-13-6-7-14(20-2)12-16(13)18/h3-4,13,16,21H,5-9H2,1-2H3;6-7,12,15,17H,3-5,8-11H2,1-2H3/t13-,16+,17+,18-;15-,17-,18-/m11/s1. The quantitative estimate of drug-likeness (QED) is 0.558. The van der Waals surface area contributed by atoms with Crippen molar-refractivity contribution in [2.45, 2.75) is 98.8 Å². The van der Waals surface area contributed by atoms with Crippen LogP contribution in [-0.4, -0.2) is 85.9 Å². The number of carbonyl (C=O) groups excluding carboxylic acids is 1. The number of Topliss-reactive ketones (excluding diaryl/α,β-unsaturated/α-hetero) is 1. The van der Waals surface area contributed by atoms with Gasteiger partial charge in [-0.25, -0.2) is 0 Å². The molecule has 0 amide bonds. The predicted molar refractivity (Wildman–Crippen MR) is 164 cm³/mol. The van der Waals surface area contributed by atoms with E-state index < -0.39 is 17.1 Å². The van der Waals surface area contributed by atoms with Crippen LogP contribution in [0.4, 0.5) is 0 Å². The molecular formula is C36H46N2O5. The molecule has 43 heavy (non-hydrogen) atoms. The van der Waals surface area contributed by atoms with Gasteiger partial charge in [-0.1, -0.05) is 25.0 Å². The molecule has 9 rings (SSSR count). The molecule has 7 atom stereocenters.